The van der Waals surface area contributed by atoms with Crippen molar-refractivity contribution in [3.63, 3.8) is 0 Å². The molecule has 0 fully saturated rings. The third kappa shape index (κ3) is 3.50. The number of hydrogen-bond acceptors (Lipinski definition) is 6. The van der Waals surface area contributed by atoms with Crippen molar-refractivity contribution in [2.45, 2.75) is 0 Å². The first-order valence-electron chi connectivity index (χ1n) is 5.45. The average Bonchev–Trinajstić information content (AvgIpc) is 2.91. The lowest BCUT2D eigenvalue weighted by Gasteiger charge is -2.16. The van der Waals surface area contributed by atoms with Crippen LogP contribution in [0, 0.1) is 11.3 Å². The summed E-state index contributed by atoms with van der Waals surface area (Å²) in [6.45, 7) is 0.165. The molecule has 6 nitrogen and oxygen atoms in total. The van der Waals surface area contributed by atoms with Crippen molar-refractivity contribution in [2.75, 3.05) is 23.8 Å². The van der Waals surface area contributed by atoms with E-state index in [1.807, 2.05) is 6.07 Å². The third-order valence-corrected chi connectivity index (χ3v) is 3.02. The van der Waals surface area contributed by atoms with Gasteiger partial charge in [0.1, 0.15) is 11.9 Å². The zero-order chi connectivity index (χ0) is 13.7. The fourth-order valence-electron chi connectivity index (χ4n) is 1.42. The van der Waals surface area contributed by atoms with Crippen LogP contribution in [0.3, 0.4) is 0 Å². The van der Waals surface area contributed by atoms with Crippen LogP contribution in [0.15, 0.2) is 29.9 Å². The summed E-state index contributed by atoms with van der Waals surface area (Å²) in [6.07, 6.45) is 3.11. The Labute approximate surface area is 114 Å². The molecule has 19 heavy (non-hydrogen) atoms. The number of pyridine rings is 1. The van der Waals surface area contributed by atoms with Gasteiger partial charge in [-0.3, -0.25) is 4.79 Å². The summed E-state index contributed by atoms with van der Waals surface area (Å²) in [5.74, 6) is 0.469. The summed E-state index contributed by atoms with van der Waals surface area (Å²) in [4.78, 5) is 21.5. The highest BCUT2D eigenvalue weighted by molar-refractivity contribution is 7.13. The van der Waals surface area contributed by atoms with Gasteiger partial charge in [0.05, 0.1) is 12.1 Å². The van der Waals surface area contributed by atoms with E-state index in [2.05, 4.69) is 15.3 Å². The van der Waals surface area contributed by atoms with E-state index in [0.29, 0.717) is 16.5 Å². The first-order valence-corrected chi connectivity index (χ1v) is 6.33. The van der Waals surface area contributed by atoms with E-state index < -0.39 is 0 Å². The minimum atomic E-state index is -0.163. The normalized spacial score (nSPS) is 9.68. The number of nitrogens with one attached hydrogen (secondary N) is 1. The van der Waals surface area contributed by atoms with E-state index in [9.17, 15) is 4.79 Å². The van der Waals surface area contributed by atoms with Crippen molar-refractivity contribution in [1.82, 2.24) is 9.97 Å². The lowest BCUT2D eigenvalue weighted by Crippen LogP contribution is -2.30. The minimum Gasteiger partial charge on any atom is -0.350 e. The number of aromatic nitrogens is 2. The van der Waals surface area contributed by atoms with E-state index >= 15 is 0 Å². The Kier molecular flexibility index (Phi) is 4.05. The highest BCUT2D eigenvalue weighted by Gasteiger charge is 2.09. The van der Waals surface area contributed by atoms with Crippen LogP contribution >= 0.6 is 11.3 Å². The summed E-state index contributed by atoms with van der Waals surface area (Å²) >= 11 is 1.37. The minimum absolute atomic E-state index is 0.163. The molecule has 0 atom stereocenters. The highest BCUT2D eigenvalue weighted by Crippen LogP contribution is 2.12. The summed E-state index contributed by atoms with van der Waals surface area (Å²) in [7, 11) is 1.76. The molecule has 2 rings (SSSR count). The molecule has 0 aromatic carbocycles. The lowest BCUT2D eigenvalue weighted by molar-refractivity contribution is -0.114. The monoisotopic (exact) mass is 273 g/mol. The molecule has 96 valence electrons. The maximum Gasteiger partial charge on any atom is 0.245 e. The molecule has 0 bridgehead atoms. The Hall–Kier alpha value is -2.46. The number of nitrogens with zero attached hydrogens (tertiary/aromatic N) is 4. The van der Waals surface area contributed by atoms with E-state index in [1.54, 1.807) is 35.7 Å². The molecule has 0 aliphatic carbocycles. The number of likely N-dealkylation sites (N-methyl/N-ethyl adjacent to an activating group) is 1. The van der Waals surface area contributed by atoms with Crippen LogP contribution in [0.2, 0.25) is 0 Å². The predicted molar refractivity (Wildman–Crippen MR) is 73.0 cm³/mol. The largest absolute Gasteiger partial charge is 0.350 e. The van der Waals surface area contributed by atoms with Crippen LogP contribution in [0.25, 0.3) is 0 Å². The van der Waals surface area contributed by atoms with Gasteiger partial charge >= 0.3 is 0 Å². The number of nitriles is 1. The van der Waals surface area contributed by atoms with Crippen molar-refractivity contribution in [3.8, 4) is 6.07 Å². The molecule has 1 N–H and O–H groups in total. The Balaban J connectivity index is 1.94. The van der Waals surface area contributed by atoms with Gasteiger partial charge in [-0.15, -0.1) is 11.3 Å². The fraction of sp³-hybridized carbons (Fsp3) is 0.167. The zero-order valence-electron chi connectivity index (χ0n) is 10.2. The second kappa shape index (κ2) is 5.93. The second-order valence-corrected chi connectivity index (χ2v) is 4.65. The molecule has 2 heterocycles. The van der Waals surface area contributed by atoms with Gasteiger partial charge in [-0.25, -0.2) is 9.97 Å². The number of hydrogen-bond donors (Lipinski definition) is 1. The number of anilines is 2. The molecule has 0 saturated heterocycles. The Morgan fingerprint density at radius 2 is 2.37 bits per heavy atom. The smallest absolute Gasteiger partial charge is 0.245 e. The van der Waals surface area contributed by atoms with Crippen molar-refractivity contribution in [1.29, 1.82) is 5.26 Å². The van der Waals surface area contributed by atoms with Crippen LogP contribution < -0.4 is 10.2 Å². The standard InChI is InChI=1S/C12H11N5OS/c1-17(10-3-2-9(6-13)7-15-10)8-11(18)16-12-14-4-5-19-12/h2-5,7H,8H2,1H3,(H,14,16,18). The van der Waals surface area contributed by atoms with Crippen molar-refractivity contribution in [2.24, 2.45) is 0 Å². The van der Waals surface area contributed by atoms with Crippen LogP contribution in [0.4, 0.5) is 10.9 Å². The van der Waals surface area contributed by atoms with Gasteiger partial charge in [0.25, 0.3) is 0 Å². The predicted octanol–water partition coefficient (Wildman–Crippen LogP) is 1.48. The highest BCUT2D eigenvalue weighted by atomic mass is 32.1. The molecule has 1 amide bonds. The van der Waals surface area contributed by atoms with Crippen LogP contribution in [-0.4, -0.2) is 29.5 Å². The molecule has 0 aliphatic heterocycles. The maximum atomic E-state index is 11.8. The van der Waals surface area contributed by atoms with Crippen molar-refractivity contribution < 1.29 is 4.79 Å². The molecule has 0 radical (unpaired) electrons. The van der Waals surface area contributed by atoms with E-state index in [-0.39, 0.29) is 12.5 Å². The molecule has 0 spiro atoms. The van der Waals surface area contributed by atoms with Gasteiger partial charge in [0.2, 0.25) is 5.91 Å². The average molecular weight is 273 g/mol. The first kappa shape index (κ1) is 13.0. The van der Waals surface area contributed by atoms with Crippen LogP contribution in [0.5, 0.6) is 0 Å². The van der Waals surface area contributed by atoms with Crippen LogP contribution in [-0.2, 0) is 4.79 Å². The lowest BCUT2D eigenvalue weighted by atomic mass is 10.3. The quantitative estimate of drug-likeness (QED) is 0.912. The Morgan fingerprint density at radius 3 is 2.95 bits per heavy atom. The van der Waals surface area contributed by atoms with E-state index in [1.165, 1.54) is 17.5 Å². The van der Waals surface area contributed by atoms with Gasteiger partial charge in [-0.05, 0) is 12.1 Å². The molecule has 0 unspecified atom stereocenters. The van der Waals surface area contributed by atoms with E-state index in [0.717, 1.165) is 0 Å². The Morgan fingerprint density at radius 1 is 1.53 bits per heavy atom. The number of carbonyl (C=O) groups is 1. The van der Waals surface area contributed by atoms with Gasteiger partial charge < -0.3 is 10.2 Å². The third-order valence-electron chi connectivity index (χ3n) is 2.33. The number of thiazole rings is 1. The second-order valence-electron chi connectivity index (χ2n) is 3.76. The molecule has 2 aromatic rings. The summed E-state index contributed by atoms with van der Waals surface area (Å²) in [5.41, 5.74) is 0.490. The fourth-order valence-corrected chi connectivity index (χ4v) is 1.96. The van der Waals surface area contributed by atoms with Gasteiger partial charge in [0, 0.05) is 24.8 Å². The molecule has 2 aromatic heterocycles. The molecular weight excluding hydrogens is 262 g/mol. The summed E-state index contributed by atoms with van der Waals surface area (Å²) < 4.78 is 0. The van der Waals surface area contributed by atoms with Gasteiger partial charge in [-0.2, -0.15) is 5.26 Å². The van der Waals surface area contributed by atoms with Gasteiger partial charge in [0.15, 0.2) is 5.13 Å². The molecule has 0 saturated carbocycles. The van der Waals surface area contributed by atoms with Crippen molar-refractivity contribution in [3.05, 3.63) is 35.5 Å². The Bertz CT molecular complexity index is 588. The van der Waals surface area contributed by atoms with Gasteiger partial charge in [-0.1, -0.05) is 0 Å². The van der Waals surface area contributed by atoms with E-state index in [4.69, 9.17) is 5.26 Å². The molecule has 0 aliphatic rings. The van der Waals surface area contributed by atoms with Crippen molar-refractivity contribution >= 4 is 28.2 Å². The number of rotatable bonds is 4. The molecule has 7 heteroatoms. The topological polar surface area (TPSA) is 81.9 Å². The zero-order valence-corrected chi connectivity index (χ0v) is 11.0. The number of amides is 1. The maximum absolute atomic E-state index is 11.8. The number of carbonyl (C=O) groups excluding carboxylic acids is 1. The van der Waals surface area contributed by atoms with Crippen LogP contribution in [0.1, 0.15) is 5.56 Å². The summed E-state index contributed by atoms with van der Waals surface area (Å²) in [5, 5.41) is 13.7. The first-order chi connectivity index (χ1) is 9.19. The SMILES string of the molecule is CN(CC(=O)Nc1nccs1)c1ccc(C#N)cn1. The molecular formula is C12H11N5OS. The summed E-state index contributed by atoms with van der Waals surface area (Å²) in [6, 6.07) is 5.36.